The van der Waals surface area contributed by atoms with E-state index in [0.29, 0.717) is 12.0 Å². The van der Waals surface area contributed by atoms with Crippen molar-refractivity contribution < 1.29 is 14.3 Å². The maximum absolute atomic E-state index is 13.5. The van der Waals surface area contributed by atoms with Gasteiger partial charge in [-0.25, -0.2) is 9.18 Å². The van der Waals surface area contributed by atoms with E-state index in [0.717, 1.165) is 19.6 Å². The van der Waals surface area contributed by atoms with Gasteiger partial charge in [0, 0.05) is 6.54 Å². The lowest BCUT2D eigenvalue weighted by Crippen LogP contribution is -2.22. The van der Waals surface area contributed by atoms with E-state index < -0.39 is 5.97 Å². The second-order valence-electron chi connectivity index (χ2n) is 4.41. The fourth-order valence-electron chi connectivity index (χ4n) is 2.18. The Kier molecular flexibility index (Phi) is 3.74. The third-order valence-corrected chi connectivity index (χ3v) is 3.19. The molecule has 0 atom stereocenters. The summed E-state index contributed by atoms with van der Waals surface area (Å²) in [5, 5.41) is 8.85. The van der Waals surface area contributed by atoms with Crippen LogP contribution in [0.2, 0.25) is 0 Å². The van der Waals surface area contributed by atoms with Gasteiger partial charge in [-0.05, 0) is 56.1 Å². The number of nitrogens with zero attached hydrogens (tertiary/aromatic N) is 1. The number of benzene rings is 1. The Labute approximate surface area is 99.9 Å². The van der Waals surface area contributed by atoms with Gasteiger partial charge >= 0.3 is 5.97 Å². The molecule has 0 unspecified atom stereocenters. The van der Waals surface area contributed by atoms with E-state index in [9.17, 15) is 9.18 Å². The molecule has 0 saturated carbocycles. The molecule has 0 aliphatic carbocycles. The van der Waals surface area contributed by atoms with Crippen LogP contribution in [-0.4, -0.2) is 35.6 Å². The van der Waals surface area contributed by atoms with Crippen LogP contribution in [0.3, 0.4) is 0 Å². The number of carboxylic acids is 1. The zero-order valence-corrected chi connectivity index (χ0v) is 9.66. The summed E-state index contributed by atoms with van der Waals surface area (Å²) < 4.78 is 13.5. The van der Waals surface area contributed by atoms with Gasteiger partial charge in [0.1, 0.15) is 5.82 Å². The van der Waals surface area contributed by atoms with Crippen molar-refractivity contribution in [3.8, 4) is 0 Å². The SMILES string of the molecule is O=C(O)c1ccc(F)c(CCN2CCCC2)c1. The zero-order valence-electron chi connectivity index (χ0n) is 9.66. The van der Waals surface area contributed by atoms with Crippen LogP contribution < -0.4 is 0 Å². The second-order valence-corrected chi connectivity index (χ2v) is 4.41. The second kappa shape index (κ2) is 5.27. The highest BCUT2D eigenvalue weighted by molar-refractivity contribution is 5.87. The molecule has 17 heavy (non-hydrogen) atoms. The van der Waals surface area contributed by atoms with E-state index in [-0.39, 0.29) is 11.4 Å². The van der Waals surface area contributed by atoms with E-state index in [1.54, 1.807) is 0 Å². The van der Waals surface area contributed by atoms with Crippen molar-refractivity contribution in [2.24, 2.45) is 0 Å². The third kappa shape index (κ3) is 3.03. The molecule has 1 aromatic rings. The highest BCUT2D eigenvalue weighted by Crippen LogP contribution is 2.14. The van der Waals surface area contributed by atoms with Gasteiger partial charge in [0.05, 0.1) is 5.56 Å². The average Bonchev–Trinajstić information content (AvgIpc) is 2.80. The monoisotopic (exact) mass is 237 g/mol. The van der Waals surface area contributed by atoms with Crippen molar-refractivity contribution in [3.63, 3.8) is 0 Å². The van der Waals surface area contributed by atoms with Crippen LogP contribution in [0.25, 0.3) is 0 Å². The molecule has 0 radical (unpaired) electrons. The van der Waals surface area contributed by atoms with Crippen LogP contribution >= 0.6 is 0 Å². The smallest absolute Gasteiger partial charge is 0.335 e. The normalized spacial score (nSPS) is 16.3. The van der Waals surface area contributed by atoms with Crippen molar-refractivity contribution in [1.29, 1.82) is 0 Å². The number of carbonyl (C=O) groups is 1. The molecule has 0 aromatic heterocycles. The predicted octanol–water partition coefficient (Wildman–Crippen LogP) is 2.16. The van der Waals surface area contributed by atoms with Gasteiger partial charge in [0.2, 0.25) is 0 Å². The number of halogens is 1. The first-order valence-electron chi connectivity index (χ1n) is 5.91. The van der Waals surface area contributed by atoms with Gasteiger partial charge in [-0.1, -0.05) is 0 Å². The lowest BCUT2D eigenvalue weighted by Gasteiger charge is -2.14. The lowest BCUT2D eigenvalue weighted by molar-refractivity contribution is 0.0696. The topological polar surface area (TPSA) is 40.5 Å². The Bertz CT molecular complexity index is 414. The molecule has 1 N–H and O–H groups in total. The van der Waals surface area contributed by atoms with Crippen molar-refractivity contribution in [2.75, 3.05) is 19.6 Å². The standard InChI is InChI=1S/C13H16FNO2/c14-12-4-3-11(13(16)17)9-10(12)5-8-15-6-1-2-7-15/h3-4,9H,1-2,5-8H2,(H,16,17). The summed E-state index contributed by atoms with van der Waals surface area (Å²) >= 11 is 0. The first kappa shape index (κ1) is 12.0. The highest BCUT2D eigenvalue weighted by atomic mass is 19.1. The van der Waals surface area contributed by atoms with Gasteiger partial charge in [-0.2, -0.15) is 0 Å². The van der Waals surface area contributed by atoms with E-state index >= 15 is 0 Å². The summed E-state index contributed by atoms with van der Waals surface area (Å²) in [4.78, 5) is 13.1. The van der Waals surface area contributed by atoms with Gasteiger partial charge in [0.15, 0.2) is 0 Å². The molecule has 1 heterocycles. The molecular formula is C13H16FNO2. The van der Waals surface area contributed by atoms with Crippen molar-refractivity contribution in [1.82, 2.24) is 4.90 Å². The molecule has 4 heteroatoms. The minimum absolute atomic E-state index is 0.155. The summed E-state index contributed by atoms with van der Waals surface area (Å²) in [5.74, 6) is -1.32. The largest absolute Gasteiger partial charge is 0.478 e. The fourth-order valence-corrected chi connectivity index (χ4v) is 2.18. The Hall–Kier alpha value is -1.42. The van der Waals surface area contributed by atoms with Gasteiger partial charge in [0.25, 0.3) is 0 Å². The van der Waals surface area contributed by atoms with E-state index in [2.05, 4.69) is 4.90 Å². The number of carboxylic acid groups (broad SMARTS) is 1. The van der Waals surface area contributed by atoms with E-state index in [1.165, 1.54) is 31.0 Å². The number of aromatic carboxylic acids is 1. The zero-order chi connectivity index (χ0) is 12.3. The lowest BCUT2D eigenvalue weighted by atomic mass is 10.1. The molecule has 92 valence electrons. The first-order chi connectivity index (χ1) is 8.16. The number of hydrogen-bond donors (Lipinski definition) is 1. The quantitative estimate of drug-likeness (QED) is 0.872. The number of hydrogen-bond acceptors (Lipinski definition) is 2. The summed E-state index contributed by atoms with van der Waals surface area (Å²) in [7, 11) is 0. The minimum Gasteiger partial charge on any atom is -0.478 e. The van der Waals surface area contributed by atoms with E-state index in [1.807, 2.05) is 0 Å². The maximum Gasteiger partial charge on any atom is 0.335 e. The van der Waals surface area contributed by atoms with Crippen LogP contribution in [-0.2, 0) is 6.42 Å². The molecule has 1 aliphatic heterocycles. The summed E-state index contributed by atoms with van der Waals surface area (Å²) in [6.07, 6.45) is 2.99. The van der Waals surface area contributed by atoms with Crippen molar-refractivity contribution in [2.45, 2.75) is 19.3 Å². The molecular weight excluding hydrogens is 221 g/mol. The molecule has 1 fully saturated rings. The average molecular weight is 237 g/mol. The number of likely N-dealkylation sites (tertiary alicyclic amines) is 1. The predicted molar refractivity (Wildman–Crippen MR) is 62.7 cm³/mol. The summed E-state index contributed by atoms with van der Waals surface area (Å²) in [6, 6.07) is 3.98. The van der Waals surface area contributed by atoms with E-state index in [4.69, 9.17) is 5.11 Å². The van der Waals surface area contributed by atoms with Gasteiger partial charge in [-0.15, -0.1) is 0 Å². The Morgan fingerprint density at radius 1 is 1.35 bits per heavy atom. The molecule has 0 amide bonds. The Morgan fingerprint density at radius 3 is 2.71 bits per heavy atom. The summed E-state index contributed by atoms with van der Waals surface area (Å²) in [6.45, 7) is 2.94. The number of rotatable bonds is 4. The Morgan fingerprint density at radius 2 is 2.06 bits per heavy atom. The fraction of sp³-hybridized carbons (Fsp3) is 0.462. The van der Waals surface area contributed by atoms with Crippen LogP contribution in [0.15, 0.2) is 18.2 Å². The first-order valence-corrected chi connectivity index (χ1v) is 5.91. The maximum atomic E-state index is 13.5. The van der Waals surface area contributed by atoms with Crippen LogP contribution in [0.4, 0.5) is 4.39 Å². The van der Waals surface area contributed by atoms with Crippen LogP contribution in [0, 0.1) is 5.82 Å². The minimum atomic E-state index is -1.01. The molecule has 2 rings (SSSR count). The molecule has 1 aromatic carbocycles. The summed E-state index contributed by atoms with van der Waals surface area (Å²) in [5.41, 5.74) is 0.652. The molecule has 3 nitrogen and oxygen atoms in total. The van der Waals surface area contributed by atoms with Crippen molar-refractivity contribution in [3.05, 3.63) is 35.1 Å². The third-order valence-electron chi connectivity index (χ3n) is 3.19. The van der Waals surface area contributed by atoms with Crippen molar-refractivity contribution >= 4 is 5.97 Å². The Balaban J connectivity index is 2.03. The highest BCUT2D eigenvalue weighted by Gasteiger charge is 2.13. The van der Waals surface area contributed by atoms with Crippen LogP contribution in [0.1, 0.15) is 28.8 Å². The molecule has 0 bridgehead atoms. The van der Waals surface area contributed by atoms with Crippen LogP contribution in [0.5, 0.6) is 0 Å². The van der Waals surface area contributed by atoms with Gasteiger partial charge in [-0.3, -0.25) is 0 Å². The molecule has 1 saturated heterocycles. The van der Waals surface area contributed by atoms with Gasteiger partial charge < -0.3 is 10.0 Å². The molecule has 1 aliphatic rings. The molecule has 0 spiro atoms.